The quantitative estimate of drug-likeness (QED) is 0.521. The van der Waals surface area contributed by atoms with Crippen LogP contribution in [0.3, 0.4) is 0 Å². The third-order valence-corrected chi connectivity index (χ3v) is 4.72. The Morgan fingerprint density at radius 2 is 1.82 bits per heavy atom. The maximum absolute atomic E-state index is 12.3. The molecule has 0 saturated carbocycles. The minimum absolute atomic E-state index is 0.284. The number of ether oxygens (including phenoxy) is 2. The van der Waals surface area contributed by atoms with Gasteiger partial charge in [0.15, 0.2) is 6.23 Å². The normalized spacial score (nSPS) is 15.5. The fraction of sp³-hybridized carbons (Fsp3) is 0.261. The van der Waals surface area contributed by atoms with Crippen LogP contribution in [-0.2, 0) is 17.8 Å². The van der Waals surface area contributed by atoms with Crippen LogP contribution in [0.1, 0.15) is 46.8 Å². The summed E-state index contributed by atoms with van der Waals surface area (Å²) in [6, 6.07) is 19.4. The number of fused-ring (bicyclic) bond motifs is 1. The van der Waals surface area contributed by atoms with E-state index in [9.17, 15) is 4.79 Å². The predicted octanol–water partition coefficient (Wildman–Crippen LogP) is 4.94. The number of benzene rings is 2. The van der Waals surface area contributed by atoms with Gasteiger partial charge in [0, 0.05) is 12.1 Å². The van der Waals surface area contributed by atoms with E-state index in [2.05, 4.69) is 11.8 Å². The van der Waals surface area contributed by atoms with E-state index in [1.54, 1.807) is 6.26 Å². The SMILES string of the molecule is CCCOc1ccc(CN(Cc2ccco2)C2OC(=O)c3ccccc32)cc1. The van der Waals surface area contributed by atoms with E-state index in [1.165, 1.54) is 0 Å². The summed E-state index contributed by atoms with van der Waals surface area (Å²) in [4.78, 5) is 14.4. The summed E-state index contributed by atoms with van der Waals surface area (Å²) >= 11 is 0. The van der Waals surface area contributed by atoms with Crippen molar-refractivity contribution in [2.24, 2.45) is 0 Å². The average molecular weight is 377 g/mol. The molecular formula is C23H23NO4. The zero-order valence-electron chi connectivity index (χ0n) is 15.8. The van der Waals surface area contributed by atoms with Gasteiger partial charge in [0.05, 0.1) is 25.0 Å². The van der Waals surface area contributed by atoms with Crippen LogP contribution >= 0.6 is 0 Å². The molecule has 5 heteroatoms. The number of esters is 1. The zero-order chi connectivity index (χ0) is 19.3. The molecule has 0 fully saturated rings. The van der Waals surface area contributed by atoms with Gasteiger partial charge in [0.2, 0.25) is 0 Å². The van der Waals surface area contributed by atoms with Crippen molar-refractivity contribution < 1.29 is 18.7 Å². The minimum Gasteiger partial charge on any atom is -0.494 e. The van der Waals surface area contributed by atoms with E-state index in [4.69, 9.17) is 13.9 Å². The zero-order valence-corrected chi connectivity index (χ0v) is 15.8. The van der Waals surface area contributed by atoms with Gasteiger partial charge in [0.1, 0.15) is 11.5 Å². The molecule has 1 atom stereocenters. The molecule has 0 amide bonds. The van der Waals surface area contributed by atoms with E-state index in [0.29, 0.717) is 25.3 Å². The Balaban J connectivity index is 1.57. The van der Waals surface area contributed by atoms with Crippen LogP contribution in [0.25, 0.3) is 0 Å². The van der Waals surface area contributed by atoms with Gasteiger partial charge in [-0.05, 0) is 42.3 Å². The molecule has 144 valence electrons. The van der Waals surface area contributed by atoms with Gasteiger partial charge in [-0.1, -0.05) is 37.3 Å². The molecule has 1 unspecified atom stereocenters. The van der Waals surface area contributed by atoms with Gasteiger partial charge < -0.3 is 13.9 Å². The van der Waals surface area contributed by atoms with Crippen LogP contribution in [0.2, 0.25) is 0 Å². The molecule has 0 aliphatic carbocycles. The van der Waals surface area contributed by atoms with Crippen molar-refractivity contribution in [1.82, 2.24) is 4.90 Å². The van der Waals surface area contributed by atoms with Gasteiger partial charge in [-0.25, -0.2) is 4.79 Å². The molecule has 28 heavy (non-hydrogen) atoms. The monoisotopic (exact) mass is 377 g/mol. The predicted molar refractivity (Wildman–Crippen MR) is 105 cm³/mol. The number of carbonyl (C=O) groups is 1. The molecule has 1 aliphatic heterocycles. The van der Waals surface area contributed by atoms with Gasteiger partial charge in [-0.15, -0.1) is 0 Å². The van der Waals surface area contributed by atoms with Crippen LogP contribution in [0.4, 0.5) is 0 Å². The van der Waals surface area contributed by atoms with Crippen LogP contribution in [0.5, 0.6) is 5.75 Å². The first-order valence-corrected chi connectivity index (χ1v) is 9.52. The van der Waals surface area contributed by atoms with Crippen LogP contribution < -0.4 is 4.74 Å². The Morgan fingerprint density at radius 3 is 2.57 bits per heavy atom. The van der Waals surface area contributed by atoms with E-state index in [-0.39, 0.29) is 5.97 Å². The van der Waals surface area contributed by atoms with Crippen molar-refractivity contribution in [1.29, 1.82) is 0 Å². The van der Waals surface area contributed by atoms with Crippen molar-refractivity contribution in [2.75, 3.05) is 6.61 Å². The highest BCUT2D eigenvalue weighted by Gasteiger charge is 2.35. The highest BCUT2D eigenvalue weighted by Crippen LogP contribution is 2.35. The molecule has 2 aromatic carbocycles. The summed E-state index contributed by atoms with van der Waals surface area (Å²) in [7, 11) is 0. The second-order valence-electron chi connectivity index (χ2n) is 6.82. The van der Waals surface area contributed by atoms with Crippen molar-refractivity contribution in [2.45, 2.75) is 32.7 Å². The van der Waals surface area contributed by atoms with E-state index >= 15 is 0 Å². The lowest BCUT2D eigenvalue weighted by Crippen LogP contribution is -2.28. The molecule has 1 aromatic heterocycles. The fourth-order valence-corrected chi connectivity index (χ4v) is 3.37. The van der Waals surface area contributed by atoms with Crippen LogP contribution in [0, 0.1) is 0 Å². The molecule has 4 rings (SSSR count). The lowest BCUT2D eigenvalue weighted by molar-refractivity contribution is -0.0335. The molecule has 2 heterocycles. The molecule has 5 nitrogen and oxygen atoms in total. The Labute approximate surface area is 164 Å². The van der Waals surface area contributed by atoms with Gasteiger partial charge >= 0.3 is 5.97 Å². The molecule has 0 N–H and O–H groups in total. The number of carbonyl (C=O) groups excluding carboxylic acids is 1. The molecule has 0 spiro atoms. The number of hydrogen-bond acceptors (Lipinski definition) is 5. The smallest absolute Gasteiger partial charge is 0.340 e. The highest BCUT2D eigenvalue weighted by atomic mass is 16.6. The summed E-state index contributed by atoms with van der Waals surface area (Å²) in [6.45, 7) is 3.94. The topological polar surface area (TPSA) is 51.9 Å². The molecule has 0 radical (unpaired) electrons. The maximum atomic E-state index is 12.3. The van der Waals surface area contributed by atoms with Crippen molar-refractivity contribution in [3.63, 3.8) is 0 Å². The van der Waals surface area contributed by atoms with Crippen LogP contribution in [-0.4, -0.2) is 17.5 Å². The van der Waals surface area contributed by atoms with Gasteiger partial charge in [-0.3, -0.25) is 4.90 Å². The van der Waals surface area contributed by atoms with Crippen molar-refractivity contribution in [3.8, 4) is 5.75 Å². The standard InChI is InChI=1S/C23H23NO4/c1-2-13-26-18-11-9-17(10-12-18)15-24(16-19-6-5-14-27-19)22-20-7-3-4-8-21(20)23(25)28-22/h3-12,14,22H,2,13,15-16H2,1H3. The lowest BCUT2D eigenvalue weighted by Gasteiger charge is -2.27. The summed E-state index contributed by atoms with van der Waals surface area (Å²) in [5, 5.41) is 0. The second kappa shape index (κ2) is 8.31. The third kappa shape index (κ3) is 3.94. The molecule has 1 aliphatic rings. The maximum Gasteiger partial charge on any atom is 0.340 e. The number of hydrogen-bond donors (Lipinski definition) is 0. The summed E-state index contributed by atoms with van der Waals surface area (Å²) in [5.74, 6) is 1.40. The van der Waals surface area contributed by atoms with Crippen LogP contribution in [0.15, 0.2) is 71.3 Å². The number of furan rings is 1. The lowest BCUT2D eigenvalue weighted by atomic mass is 10.1. The summed E-state index contributed by atoms with van der Waals surface area (Å²) in [5.41, 5.74) is 2.62. The first kappa shape index (κ1) is 18.3. The van der Waals surface area contributed by atoms with E-state index < -0.39 is 6.23 Å². The summed E-state index contributed by atoms with van der Waals surface area (Å²) < 4.78 is 16.9. The molecule has 0 saturated heterocycles. The second-order valence-corrected chi connectivity index (χ2v) is 6.82. The molecule has 3 aromatic rings. The Morgan fingerprint density at radius 1 is 1.00 bits per heavy atom. The molecule has 0 bridgehead atoms. The van der Waals surface area contributed by atoms with Gasteiger partial charge in [0.25, 0.3) is 0 Å². The van der Waals surface area contributed by atoms with E-state index in [0.717, 1.165) is 29.1 Å². The van der Waals surface area contributed by atoms with E-state index in [1.807, 2.05) is 60.7 Å². The van der Waals surface area contributed by atoms with Crippen molar-refractivity contribution in [3.05, 3.63) is 89.4 Å². The first-order valence-electron chi connectivity index (χ1n) is 9.52. The number of nitrogens with zero attached hydrogens (tertiary/aromatic N) is 1. The summed E-state index contributed by atoms with van der Waals surface area (Å²) in [6.07, 6.45) is 2.19. The van der Waals surface area contributed by atoms with Gasteiger partial charge in [-0.2, -0.15) is 0 Å². The molecular weight excluding hydrogens is 354 g/mol. The first-order chi connectivity index (χ1) is 13.7. The fourth-order valence-electron chi connectivity index (χ4n) is 3.37. The largest absolute Gasteiger partial charge is 0.494 e. The Kier molecular flexibility index (Phi) is 5.44. The Hall–Kier alpha value is -3.05. The third-order valence-electron chi connectivity index (χ3n) is 4.72. The van der Waals surface area contributed by atoms with Crippen molar-refractivity contribution >= 4 is 5.97 Å². The Bertz CT molecular complexity index is 918. The number of rotatable bonds is 8. The minimum atomic E-state index is -0.440. The number of cyclic esters (lactones) is 1. The average Bonchev–Trinajstić information content (AvgIpc) is 3.35. The highest BCUT2D eigenvalue weighted by molar-refractivity contribution is 5.93.